The molecule has 3 rings (SSSR count). The van der Waals surface area contributed by atoms with Crippen LogP contribution in [0.5, 0.6) is 11.5 Å². The van der Waals surface area contributed by atoms with Crippen LogP contribution in [0.2, 0.25) is 0 Å². The highest BCUT2D eigenvalue weighted by Gasteiger charge is 2.10. The number of carbonyl (C=O) groups is 1. The average Bonchev–Trinajstić information content (AvgIpc) is 2.74. The number of carbonyl (C=O) groups excluding carboxylic acids is 1. The number of hydrogen-bond donors (Lipinski definition) is 2. The maximum Gasteiger partial charge on any atom is 0.274 e. The van der Waals surface area contributed by atoms with Gasteiger partial charge in [-0.2, -0.15) is 0 Å². The monoisotopic (exact) mass is 392 g/mol. The average molecular weight is 392 g/mol. The Kier molecular flexibility index (Phi) is 6.63. The van der Waals surface area contributed by atoms with Gasteiger partial charge in [-0.25, -0.2) is 9.97 Å². The van der Waals surface area contributed by atoms with Crippen molar-refractivity contribution >= 4 is 17.4 Å². The Morgan fingerprint density at radius 1 is 0.966 bits per heavy atom. The molecule has 0 spiro atoms. The summed E-state index contributed by atoms with van der Waals surface area (Å²) in [5.74, 6) is 1.81. The van der Waals surface area contributed by atoms with Gasteiger partial charge >= 0.3 is 0 Å². The van der Waals surface area contributed by atoms with Gasteiger partial charge in [0.2, 0.25) is 0 Å². The van der Waals surface area contributed by atoms with Gasteiger partial charge in [0, 0.05) is 11.8 Å². The van der Waals surface area contributed by atoms with Crippen LogP contribution in [-0.2, 0) is 0 Å². The van der Waals surface area contributed by atoms with Crippen molar-refractivity contribution in [1.82, 2.24) is 9.97 Å². The zero-order chi connectivity index (χ0) is 20.6. The van der Waals surface area contributed by atoms with Gasteiger partial charge in [-0.3, -0.25) is 4.79 Å². The quantitative estimate of drug-likeness (QED) is 0.567. The third-order valence-electron chi connectivity index (χ3n) is 4.40. The SMILES string of the molecule is COc1ccc(OCCNc2cc(C(=O)Nc3ccc(C)c(C)c3)ncn2)cc1. The predicted octanol–water partition coefficient (Wildman–Crippen LogP) is 3.85. The molecule has 0 saturated carbocycles. The molecule has 7 heteroatoms. The molecular formula is C22H24N4O3. The number of aromatic nitrogens is 2. The van der Waals surface area contributed by atoms with Gasteiger partial charge in [0.05, 0.1) is 13.7 Å². The van der Waals surface area contributed by atoms with E-state index < -0.39 is 0 Å². The maximum atomic E-state index is 12.5. The minimum absolute atomic E-state index is 0.284. The van der Waals surface area contributed by atoms with E-state index in [-0.39, 0.29) is 11.6 Å². The molecule has 0 aliphatic heterocycles. The van der Waals surface area contributed by atoms with Gasteiger partial charge < -0.3 is 20.1 Å². The maximum absolute atomic E-state index is 12.5. The molecule has 0 fully saturated rings. The van der Waals surface area contributed by atoms with Gasteiger partial charge in [-0.15, -0.1) is 0 Å². The van der Waals surface area contributed by atoms with Crippen LogP contribution in [-0.4, -0.2) is 36.1 Å². The molecule has 29 heavy (non-hydrogen) atoms. The minimum Gasteiger partial charge on any atom is -0.497 e. The van der Waals surface area contributed by atoms with E-state index in [1.54, 1.807) is 13.2 Å². The van der Waals surface area contributed by atoms with E-state index in [1.165, 1.54) is 11.9 Å². The summed E-state index contributed by atoms with van der Waals surface area (Å²) < 4.78 is 10.8. The molecule has 0 saturated heterocycles. The lowest BCUT2D eigenvalue weighted by Gasteiger charge is -2.10. The Bertz CT molecular complexity index is 974. The molecule has 0 unspecified atom stereocenters. The van der Waals surface area contributed by atoms with E-state index in [1.807, 2.05) is 56.3 Å². The van der Waals surface area contributed by atoms with Gasteiger partial charge in [-0.1, -0.05) is 6.07 Å². The molecule has 1 heterocycles. The fourth-order valence-electron chi connectivity index (χ4n) is 2.61. The highest BCUT2D eigenvalue weighted by atomic mass is 16.5. The third kappa shape index (κ3) is 5.68. The Labute approximate surface area is 170 Å². The molecule has 0 bridgehead atoms. The first kappa shape index (κ1) is 20.1. The van der Waals surface area contributed by atoms with E-state index >= 15 is 0 Å². The van der Waals surface area contributed by atoms with Crippen molar-refractivity contribution in [1.29, 1.82) is 0 Å². The first-order valence-electron chi connectivity index (χ1n) is 9.26. The second-order valence-corrected chi connectivity index (χ2v) is 6.49. The molecule has 150 valence electrons. The van der Waals surface area contributed by atoms with Crippen molar-refractivity contribution in [3.8, 4) is 11.5 Å². The Morgan fingerprint density at radius 2 is 1.72 bits per heavy atom. The number of methoxy groups -OCH3 is 1. The number of amides is 1. The first-order chi connectivity index (χ1) is 14.0. The van der Waals surface area contributed by atoms with E-state index in [2.05, 4.69) is 20.6 Å². The summed E-state index contributed by atoms with van der Waals surface area (Å²) in [5.41, 5.74) is 3.31. The van der Waals surface area contributed by atoms with Crippen LogP contribution in [0.1, 0.15) is 21.6 Å². The molecule has 7 nitrogen and oxygen atoms in total. The number of hydrogen-bond acceptors (Lipinski definition) is 6. The zero-order valence-electron chi connectivity index (χ0n) is 16.7. The molecule has 0 radical (unpaired) electrons. The number of aryl methyl sites for hydroxylation is 2. The fraction of sp³-hybridized carbons (Fsp3) is 0.227. The number of anilines is 2. The third-order valence-corrected chi connectivity index (χ3v) is 4.40. The smallest absolute Gasteiger partial charge is 0.274 e. The van der Waals surface area contributed by atoms with Crippen molar-refractivity contribution in [2.75, 3.05) is 30.9 Å². The lowest BCUT2D eigenvalue weighted by molar-refractivity contribution is 0.102. The topological polar surface area (TPSA) is 85.4 Å². The van der Waals surface area contributed by atoms with E-state index in [4.69, 9.17) is 9.47 Å². The Morgan fingerprint density at radius 3 is 2.45 bits per heavy atom. The number of ether oxygens (including phenoxy) is 2. The lowest BCUT2D eigenvalue weighted by Crippen LogP contribution is -2.16. The molecular weight excluding hydrogens is 368 g/mol. The van der Waals surface area contributed by atoms with Crippen LogP contribution in [0.3, 0.4) is 0 Å². The molecule has 2 aromatic carbocycles. The van der Waals surface area contributed by atoms with Crippen molar-refractivity contribution in [2.45, 2.75) is 13.8 Å². The zero-order valence-corrected chi connectivity index (χ0v) is 16.7. The van der Waals surface area contributed by atoms with E-state index in [0.29, 0.717) is 19.0 Å². The van der Waals surface area contributed by atoms with Crippen LogP contribution in [0, 0.1) is 13.8 Å². The number of benzene rings is 2. The highest BCUT2D eigenvalue weighted by Crippen LogP contribution is 2.17. The van der Waals surface area contributed by atoms with Crippen molar-refractivity contribution < 1.29 is 14.3 Å². The molecule has 0 atom stereocenters. The summed E-state index contributed by atoms with van der Waals surface area (Å²) in [6.07, 6.45) is 1.36. The summed E-state index contributed by atoms with van der Waals surface area (Å²) in [7, 11) is 1.62. The highest BCUT2D eigenvalue weighted by molar-refractivity contribution is 6.03. The van der Waals surface area contributed by atoms with Crippen LogP contribution in [0.25, 0.3) is 0 Å². The van der Waals surface area contributed by atoms with Gasteiger partial charge in [0.1, 0.15) is 35.9 Å². The summed E-state index contributed by atoms with van der Waals surface area (Å²) in [6.45, 7) is 5.01. The first-order valence-corrected chi connectivity index (χ1v) is 9.26. The van der Waals surface area contributed by atoms with Crippen molar-refractivity contribution in [3.63, 3.8) is 0 Å². The van der Waals surface area contributed by atoms with Gasteiger partial charge in [0.15, 0.2) is 0 Å². The van der Waals surface area contributed by atoms with Crippen LogP contribution < -0.4 is 20.1 Å². The largest absolute Gasteiger partial charge is 0.497 e. The second kappa shape index (κ2) is 9.54. The minimum atomic E-state index is -0.284. The van der Waals surface area contributed by atoms with Crippen LogP contribution in [0.15, 0.2) is 54.9 Å². The molecule has 2 N–H and O–H groups in total. The molecule has 1 aromatic heterocycles. The van der Waals surface area contributed by atoms with Crippen LogP contribution >= 0.6 is 0 Å². The molecule has 1 amide bonds. The van der Waals surface area contributed by atoms with E-state index in [9.17, 15) is 4.79 Å². The standard InChI is InChI=1S/C22H24N4O3/c1-15-4-5-17(12-16(15)2)26-22(27)20-13-21(25-14-24-20)23-10-11-29-19-8-6-18(28-3)7-9-19/h4-9,12-14H,10-11H2,1-3H3,(H,26,27)(H,23,24,25). The van der Waals surface area contributed by atoms with Crippen molar-refractivity contribution in [3.05, 3.63) is 71.7 Å². The van der Waals surface area contributed by atoms with Crippen molar-refractivity contribution in [2.24, 2.45) is 0 Å². The van der Waals surface area contributed by atoms with Gasteiger partial charge in [0.25, 0.3) is 5.91 Å². The summed E-state index contributed by atoms with van der Waals surface area (Å²) in [6, 6.07) is 14.8. The molecule has 0 aliphatic carbocycles. The Hall–Kier alpha value is -3.61. The lowest BCUT2D eigenvalue weighted by atomic mass is 10.1. The summed E-state index contributed by atoms with van der Waals surface area (Å²) >= 11 is 0. The van der Waals surface area contributed by atoms with Gasteiger partial charge in [-0.05, 0) is 61.4 Å². The van der Waals surface area contributed by atoms with E-state index in [0.717, 1.165) is 22.7 Å². The number of rotatable bonds is 8. The second-order valence-electron chi connectivity index (χ2n) is 6.49. The van der Waals surface area contributed by atoms with Crippen LogP contribution in [0.4, 0.5) is 11.5 Å². The molecule has 3 aromatic rings. The normalized spacial score (nSPS) is 10.3. The predicted molar refractivity (Wildman–Crippen MR) is 113 cm³/mol. The summed E-state index contributed by atoms with van der Waals surface area (Å²) in [4.78, 5) is 20.7. The molecule has 0 aliphatic rings. The number of nitrogens with zero attached hydrogens (tertiary/aromatic N) is 2. The summed E-state index contributed by atoms with van der Waals surface area (Å²) in [5, 5.41) is 5.99. The number of nitrogens with one attached hydrogen (secondary N) is 2. The Balaban J connectivity index is 1.51. The fourth-order valence-corrected chi connectivity index (χ4v) is 2.61.